The molecule has 0 spiro atoms. The van der Waals surface area contributed by atoms with Crippen molar-refractivity contribution in [2.45, 2.75) is 19.3 Å². The van der Waals surface area contributed by atoms with E-state index in [1.807, 2.05) is 18.2 Å². The fraction of sp³-hybridized carbons (Fsp3) is 0.500. The van der Waals surface area contributed by atoms with Crippen molar-refractivity contribution in [1.82, 2.24) is 5.32 Å². The number of rotatable bonds is 6. The summed E-state index contributed by atoms with van der Waals surface area (Å²) in [5.41, 5.74) is 5.77. The van der Waals surface area contributed by atoms with Crippen LogP contribution in [0.4, 0.5) is 0 Å². The molecule has 0 amide bonds. The Morgan fingerprint density at radius 1 is 1.40 bits per heavy atom. The molecule has 1 saturated carbocycles. The minimum atomic E-state index is 0. The van der Waals surface area contributed by atoms with Crippen molar-refractivity contribution < 1.29 is 4.74 Å². The summed E-state index contributed by atoms with van der Waals surface area (Å²) in [6.45, 7) is 1.96. The molecule has 3 N–H and O–H groups in total. The van der Waals surface area contributed by atoms with Crippen LogP contribution in [0.25, 0.3) is 0 Å². The van der Waals surface area contributed by atoms with Gasteiger partial charge in [-0.2, -0.15) is 0 Å². The molecule has 0 aromatic heterocycles. The lowest BCUT2D eigenvalue weighted by Gasteiger charge is -2.23. The van der Waals surface area contributed by atoms with Gasteiger partial charge in [0, 0.05) is 6.54 Å². The van der Waals surface area contributed by atoms with Crippen molar-refractivity contribution in [2.75, 3.05) is 19.7 Å². The molecule has 0 unspecified atom stereocenters. The number of benzene rings is 1. The highest BCUT2D eigenvalue weighted by Crippen LogP contribution is 2.26. The highest BCUT2D eigenvalue weighted by molar-refractivity contribution is 14.0. The second-order valence-corrected chi connectivity index (χ2v) is 5.14. The molecule has 20 heavy (non-hydrogen) atoms. The summed E-state index contributed by atoms with van der Waals surface area (Å²) in [6.07, 6.45) is 3.90. The van der Waals surface area contributed by atoms with Gasteiger partial charge in [0.05, 0.1) is 11.6 Å². The van der Waals surface area contributed by atoms with Gasteiger partial charge in [-0.3, -0.25) is 4.99 Å². The number of nitrogens with one attached hydrogen (secondary N) is 1. The fourth-order valence-electron chi connectivity index (χ4n) is 1.86. The second-order valence-electron chi connectivity index (χ2n) is 4.73. The van der Waals surface area contributed by atoms with Crippen LogP contribution in [0.5, 0.6) is 5.75 Å². The number of nitrogens with zero attached hydrogens (tertiary/aromatic N) is 1. The third-order valence-corrected chi connectivity index (χ3v) is 3.56. The van der Waals surface area contributed by atoms with Crippen LogP contribution < -0.4 is 15.8 Å². The van der Waals surface area contributed by atoms with Crippen molar-refractivity contribution in [2.24, 2.45) is 16.6 Å². The van der Waals surface area contributed by atoms with Crippen LogP contribution in [0.2, 0.25) is 5.02 Å². The normalized spacial score (nSPS) is 15.2. The van der Waals surface area contributed by atoms with Gasteiger partial charge in [0.1, 0.15) is 12.4 Å². The van der Waals surface area contributed by atoms with E-state index in [1.54, 1.807) is 6.07 Å². The number of guanidine groups is 1. The molecule has 0 radical (unpaired) electrons. The lowest BCUT2D eigenvalue weighted by atomic mass is 9.86. The van der Waals surface area contributed by atoms with Gasteiger partial charge >= 0.3 is 0 Å². The first-order valence-electron chi connectivity index (χ1n) is 6.67. The number of aliphatic imine (C=N–C) groups is 1. The van der Waals surface area contributed by atoms with Crippen molar-refractivity contribution in [3.63, 3.8) is 0 Å². The summed E-state index contributed by atoms with van der Waals surface area (Å²) in [5.74, 6) is 1.92. The molecule has 1 aromatic carbocycles. The first-order chi connectivity index (χ1) is 9.25. The van der Waals surface area contributed by atoms with Gasteiger partial charge in [-0.15, -0.1) is 24.0 Å². The summed E-state index contributed by atoms with van der Waals surface area (Å²) in [6, 6.07) is 7.41. The van der Waals surface area contributed by atoms with Gasteiger partial charge < -0.3 is 15.8 Å². The molecule has 0 atom stereocenters. The minimum absolute atomic E-state index is 0. The summed E-state index contributed by atoms with van der Waals surface area (Å²) >= 11 is 5.98. The van der Waals surface area contributed by atoms with Crippen LogP contribution in [0, 0.1) is 5.92 Å². The van der Waals surface area contributed by atoms with Crippen molar-refractivity contribution in [3.8, 4) is 5.75 Å². The number of para-hydroxylation sites is 1. The Labute approximate surface area is 142 Å². The average molecular weight is 410 g/mol. The zero-order valence-electron chi connectivity index (χ0n) is 11.3. The molecule has 1 aliphatic rings. The van der Waals surface area contributed by atoms with E-state index in [0.717, 1.165) is 12.5 Å². The number of nitrogens with two attached hydrogens (primary N) is 1. The molecule has 1 aromatic rings. The van der Waals surface area contributed by atoms with Crippen LogP contribution in [0.1, 0.15) is 19.3 Å². The Morgan fingerprint density at radius 2 is 2.15 bits per heavy atom. The standard InChI is InChI=1S/C14H20ClN3O.HI/c15-12-6-1-2-7-13(12)19-9-8-17-14(16)18-10-11-4-3-5-11;/h1-2,6-7,11H,3-5,8-10H2,(H3,16,17,18);1H. The molecular weight excluding hydrogens is 389 g/mol. The smallest absolute Gasteiger partial charge is 0.188 e. The third-order valence-electron chi connectivity index (χ3n) is 3.25. The molecule has 1 fully saturated rings. The Bertz CT molecular complexity index is 438. The second kappa shape index (κ2) is 9.28. The maximum absolute atomic E-state index is 5.98. The minimum Gasteiger partial charge on any atom is -0.490 e. The highest BCUT2D eigenvalue weighted by atomic mass is 127. The number of hydrogen-bond acceptors (Lipinski definition) is 2. The SMILES string of the molecule is I.NC(=NCC1CCC1)NCCOc1ccccc1Cl. The Hall–Kier alpha value is -0.690. The molecule has 0 aliphatic heterocycles. The molecule has 2 rings (SSSR count). The van der Waals surface area contributed by atoms with E-state index in [2.05, 4.69) is 10.3 Å². The van der Waals surface area contributed by atoms with Crippen molar-refractivity contribution in [3.05, 3.63) is 29.3 Å². The van der Waals surface area contributed by atoms with Crippen molar-refractivity contribution in [1.29, 1.82) is 0 Å². The maximum atomic E-state index is 5.98. The summed E-state index contributed by atoms with van der Waals surface area (Å²) in [7, 11) is 0. The summed E-state index contributed by atoms with van der Waals surface area (Å²) in [5, 5.41) is 3.66. The largest absolute Gasteiger partial charge is 0.490 e. The monoisotopic (exact) mass is 409 g/mol. The zero-order valence-corrected chi connectivity index (χ0v) is 14.4. The Balaban J connectivity index is 0.00000200. The predicted molar refractivity (Wildman–Crippen MR) is 94.2 cm³/mol. The van der Waals surface area contributed by atoms with Crippen LogP contribution in [-0.2, 0) is 0 Å². The van der Waals surface area contributed by atoms with Gasteiger partial charge in [-0.1, -0.05) is 30.2 Å². The summed E-state index contributed by atoms with van der Waals surface area (Å²) < 4.78 is 5.54. The number of halogens is 2. The Kier molecular flexibility index (Phi) is 8.06. The topological polar surface area (TPSA) is 59.6 Å². The molecule has 6 heteroatoms. The molecule has 0 heterocycles. The molecule has 4 nitrogen and oxygen atoms in total. The third kappa shape index (κ3) is 5.75. The van der Waals surface area contributed by atoms with Crippen LogP contribution in [-0.4, -0.2) is 25.7 Å². The predicted octanol–water partition coefficient (Wildman–Crippen LogP) is 3.04. The quantitative estimate of drug-likeness (QED) is 0.329. The first kappa shape index (κ1) is 17.4. The van der Waals surface area contributed by atoms with E-state index in [4.69, 9.17) is 22.1 Å². The lowest BCUT2D eigenvalue weighted by Crippen LogP contribution is -2.35. The van der Waals surface area contributed by atoms with E-state index in [-0.39, 0.29) is 24.0 Å². The van der Waals surface area contributed by atoms with E-state index in [9.17, 15) is 0 Å². The zero-order chi connectivity index (χ0) is 13.5. The van der Waals surface area contributed by atoms with Crippen LogP contribution in [0.3, 0.4) is 0 Å². The maximum Gasteiger partial charge on any atom is 0.188 e. The fourth-order valence-corrected chi connectivity index (χ4v) is 2.05. The molecule has 0 bridgehead atoms. The first-order valence-corrected chi connectivity index (χ1v) is 7.04. The van der Waals surface area contributed by atoms with Crippen LogP contribution in [0.15, 0.2) is 29.3 Å². The molecule has 112 valence electrons. The van der Waals surface area contributed by atoms with Gasteiger partial charge in [-0.05, 0) is 30.9 Å². The lowest BCUT2D eigenvalue weighted by molar-refractivity contribution is 0.320. The number of hydrogen-bond donors (Lipinski definition) is 2. The Morgan fingerprint density at radius 3 is 2.80 bits per heavy atom. The molecular formula is C14H21ClIN3O. The van der Waals surface area contributed by atoms with E-state index < -0.39 is 0 Å². The van der Waals surface area contributed by atoms with Gasteiger partial charge in [0.15, 0.2) is 5.96 Å². The molecule has 1 aliphatic carbocycles. The van der Waals surface area contributed by atoms with Crippen LogP contribution >= 0.6 is 35.6 Å². The summed E-state index contributed by atoms with van der Waals surface area (Å²) in [4.78, 5) is 4.31. The van der Waals surface area contributed by atoms with Gasteiger partial charge in [0.2, 0.25) is 0 Å². The van der Waals surface area contributed by atoms with E-state index in [0.29, 0.717) is 29.9 Å². The highest BCUT2D eigenvalue weighted by Gasteiger charge is 2.16. The molecule has 0 saturated heterocycles. The number of ether oxygens (including phenoxy) is 1. The van der Waals surface area contributed by atoms with Crippen molar-refractivity contribution >= 4 is 41.5 Å². The van der Waals surface area contributed by atoms with Gasteiger partial charge in [0.25, 0.3) is 0 Å². The van der Waals surface area contributed by atoms with E-state index >= 15 is 0 Å². The van der Waals surface area contributed by atoms with Gasteiger partial charge in [-0.25, -0.2) is 0 Å². The average Bonchev–Trinajstić information content (AvgIpc) is 2.35. The van der Waals surface area contributed by atoms with E-state index in [1.165, 1.54) is 19.3 Å².